The Morgan fingerprint density at radius 3 is 2.72 bits per heavy atom. The van der Waals surface area contributed by atoms with Crippen molar-refractivity contribution in [2.75, 3.05) is 7.05 Å². The van der Waals surface area contributed by atoms with Crippen molar-refractivity contribution >= 4 is 21.9 Å². The summed E-state index contributed by atoms with van der Waals surface area (Å²) in [6, 6.07) is 16.5. The van der Waals surface area contributed by atoms with Crippen LogP contribution in [0.5, 0.6) is 0 Å². The van der Waals surface area contributed by atoms with Gasteiger partial charge in [0.1, 0.15) is 5.65 Å². The molecule has 0 bridgehead atoms. The maximum Gasteiger partial charge on any atom is 0.259 e. The van der Waals surface area contributed by atoms with Gasteiger partial charge in [0.2, 0.25) is 0 Å². The van der Waals surface area contributed by atoms with Crippen molar-refractivity contribution in [3.8, 4) is 11.1 Å². The summed E-state index contributed by atoms with van der Waals surface area (Å²) < 4.78 is 1.71. The van der Waals surface area contributed by atoms with Crippen molar-refractivity contribution in [2.24, 2.45) is 7.05 Å². The molecule has 2 heterocycles. The number of pyridine rings is 1. The van der Waals surface area contributed by atoms with Gasteiger partial charge in [0.15, 0.2) is 0 Å². The third kappa shape index (κ3) is 2.55. The molecule has 126 valence electrons. The first-order valence-corrected chi connectivity index (χ1v) is 8.44. The lowest BCUT2D eigenvalue weighted by Gasteiger charge is -2.08. The van der Waals surface area contributed by atoms with Crippen LogP contribution < -0.4 is 10.9 Å². The number of aromatic amines is 1. The van der Waals surface area contributed by atoms with Gasteiger partial charge in [0, 0.05) is 35.4 Å². The van der Waals surface area contributed by atoms with Crippen molar-refractivity contribution in [2.45, 2.75) is 13.5 Å². The van der Waals surface area contributed by atoms with E-state index in [2.05, 4.69) is 47.6 Å². The number of aryl methyl sites for hydroxylation is 2. The number of benzene rings is 2. The van der Waals surface area contributed by atoms with Gasteiger partial charge in [-0.1, -0.05) is 29.8 Å². The maximum absolute atomic E-state index is 12.9. The first-order valence-electron chi connectivity index (χ1n) is 8.44. The Labute approximate surface area is 146 Å². The Bertz CT molecular complexity index is 1150. The molecule has 4 heteroatoms. The van der Waals surface area contributed by atoms with Crippen LogP contribution >= 0.6 is 0 Å². The Kier molecular flexibility index (Phi) is 3.70. The molecule has 0 aliphatic heterocycles. The summed E-state index contributed by atoms with van der Waals surface area (Å²) in [5.74, 6) is 0. The monoisotopic (exact) mass is 331 g/mol. The van der Waals surface area contributed by atoms with Gasteiger partial charge in [-0.2, -0.15) is 0 Å². The highest BCUT2D eigenvalue weighted by Gasteiger charge is 2.13. The maximum atomic E-state index is 12.9. The lowest BCUT2D eigenvalue weighted by molar-refractivity contribution is 0.818. The fraction of sp³-hybridized carbons (Fsp3) is 0.190. The van der Waals surface area contributed by atoms with E-state index >= 15 is 0 Å². The summed E-state index contributed by atoms with van der Waals surface area (Å²) in [7, 11) is 3.75. The number of aromatic nitrogens is 2. The van der Waals surface area contributed by atoms with Gasteiger partial charge < -0.3 is 10.3 Å². The molecule has 0 saturated heterocycles. The van der Waals surface area contributed by atoms with E-state index in [0.29, 0.717) is 0 Å². The molecule has 0 aliphatic rings. The molecule has 0 aliphatic carbocycles. The van der Waals surface area contributed by atoms with Crippen LogP contribution in [0.4, 0.5) is 0 Å². The number of hydrogen-bond donors (Lipinski definition) is 2. The average Bonchev–Trinajstić information content (AvgIpc) is 2.96. The number of nitrogens with one attached hydrogen (secondary N) is 2. The van der Waals surface area contributed by atoms with Crippen molar-refractivity contribution in [3.63, 3.8) is 0 Å². The molecule has 0 saturated carbocycles. The Balaban J connectivity index is 2.03. The molecule has 0 fully saturated rings. The summed E-state index contributed by atoms with van der Waals surface area (Å²) in [6.45, 7) is 2.87. The van der Waals surface area contributed by atoms with E-state index in [0.717, 1.165) is 45.2 Å². The highest BCUT2D eigenvalue weighted by atomic mass is 16.1. The van der Waals surface area contributed by atoms with Crippen molar-refractivity contribution in [1.29, 1.82) is 0 Å². The third-order valence-corrected chi connectivity index (χ3v) is 4.75. The first kappa shape index (κ1) is 15.7. The molecule has 0 unspecified atom stereocenters. The van der Waals surface area contributed by atoms with Crippen LogP contribution in [-0.4, -0.2) is 16.6 Å². The minimum absolute atomic E-state index is 0.0115. The van der Waals surface area contributed by atoms with Gasteiger partial charge in [0.25, 0.3) is 5.56 Å². The van der Waals surface area contributed by atoms with Crippen LogP contribution in [0.15, 0.2) is 53.3 Å². The topological polar surface area (TPSA) is 49.8 Å². The molecule has 0 atom stereocenters. The summed E-state index contributed by atoms with van der Waals surface area (Å²) in [5.41, 5.74) is 5.99. The van der Waals surface area contributed by atoms with Gasteiger partial charge in [-0.05, 0) is 49.4 Å². The lowest BCUT2D eigenvalue weighted by atomic mass is 10.0. The zero-order chi connectivity index (χ0) is 17.6. The number of H-pyrrole nitrogens is 1. The van der Waals surface area contributed by atoms with Gasteiger partial charge in [-0.3, -0.25) is 9.36 Å². The van der Waals surface area contributed by atoms with E-state index in [9.17, 15) is 4.79 Å². The molecular weight excluding hydrogens is 310 g/mol. The van der Waals surface area contributed by atoms with Crippen molar-refractivity contribution in [3.05, 3.63) is 70.0 Å². The minimum atomic E-state index is 0.0115. The van der Waals surface area contributed by atoms with Crippen LogP contribution in [0.2, 0.25) is 0 Å². The highest BCUT2D eigenvalue weighted by Crippen LogP contribution is 2.28. The number of hydrogen-bond acceptors (Lipinski definition) is 2. The highest BCUT2D eigenvalue weighted by molar-refractivity contribution is 6.07. The fourth-order valence-electron chi connectivity index (χ4n) is 3.47. The Morgan fingerprint density at radius 2 is 1.92 bits per heavy atom. The molecular formula is C21H21N3O. The molecule has 25 heavy (non-hydrogen) atoms. The van der Waals surface area contributed by atoms with Gasteiger partial charge in [-0.15, -0.1) is 0 Å². The number of rotatable bonds is 3. The van der Waals surface area contributed by atoms with Crippen LogP contribution in [0.25, 0.3) is 33.1 Å². The van der Waals surface area contributed by atoms with Crippen LogP contribution in [-0.2, 0) is 13.6 Å². The molecule has 0 radical (unpaired) electrons. The first-order chi connectivity index (χ1) is 12.1. The van der Waals surface area contributed by atoms with Crippen LogP contribution in [0.1, 0.15) is 11.1 Å². The fourth-order valence-corrected chi connectivity index (χ4v) is 3.47. The molecule has 2 N–H and O–H groups in total. The second-order valence-corrected chi connectivity index (χ2v) is 6.59. The van der Waals surface area contributed by atoms with E-state index in [1.165, 1.54) is 5.56 Å². The normalized spacial score (nSPS) is 11.5. The molecule has 2 aromatic carbocycles. The molecule has 4 nitrogen and oxygen atoms in total. The van der Waals surface area contributed by atoms with Crippen LogP contribution in [0, 0.1) is 6.92 Å². The molecule has 4 rings (SSSR count). The van der Waals surface area contributed by atoms with E-state index in [-0.39, 0.29) is 5.56 Å². The summed E-state index contributed by atoms with van der Waals surface area (Å²) >= 11 is 0. The van der Waals surface area contributed by atoms with E-state index < -0.39 is 0 Å². The molecule has 0 amide bonds. The minimum Gasteiger partial charge on any atom is -0.341 e. The SMILES string of the molecule is CNCc1cccc(-c2cc3c4cc(C)ccc4[nH]c3n(C)c2=O)c1. The summed E-state index contributed by atoms with van der Waals surface area (Å²) in [4.78, 5) is 16.3. The predicted octanol–water partition coefficient (Wildman–Crippen LogP) is 3.71. The summed E-state index contributed by atoms with van der Waals surface area (Å²) in [6.07, 6.45) is 0. The largest absolute Gasteiger partial charge is 0.341 e. The van der Waals surface area contributed by atoms with E-state index in [1.807, 2.05) is 32.3 Å². The third-order valence-electron chi connectivity index (χ3n) is 4.75. The molecule has 2 aromatic heterocycles. The number of nitrogens with zero attached hydrogens (tertiary/aromatic N) is 1. The van der Waals surface area contributed by atoms with Gasteiger partial charge >= 0.3 is 0 Å². The molecule has 0 spiro atoms. The zero-order valence-electron chi connectivity index (χ0n) is 14.7. The predicted molar refractivity (Wildman–Crippen MR) is 104 cm³/mol. The quantitative estimate of drug-likeness (QED) is 0.601. The second kappa shape index (κ2) is 5.90. The Hall–Kier alpha value is -2.85. The van der Waals surface area contributed by atoms with Gasteiger partial charge in [0.05, 0.1) is 0 Å². The average molecular weight is 331 g/mol. The number of fused-ring (bicyclic) bond motifs is 3. The Morgan fingerprint density at radius 1 is 1.08 bits per heavy atom. The second-order valence-electron chi connectivity index (χ2n) is 6.59. The van der Waals surface area contributed by atoms with E-state index in [1.54, 1.807) is 4.57 Å². The van der Waals surface area contributed by atoms with Crippen LogP contribution in [0.3, 0.4) is 0 Å². The molecule has 4 aromatic rings. The van der Waals surface area contributed by atoms with E-state index in [4.69, 9.17) is 0 Å². The van der Waals surface area contributed by atoms with Crippen molar-refractivity contribution in [1.82, 2.24) is 14.9 Å². The standard InChI is InChI=1S/C21H21N3O/c1-13-7-8-19-17(9-13)18-11-16(21(25)24(3)20(18)23-19)15-6-4-5-14(10-15)12-22-2/h4-11,22-23H,12H2,1-3H3. The summed E-state index contributed by atoms with van der Waals surface area (Å²) in [5, 5.41) is 5.39. The smallest absolute Gasteiger partial charge is 0.259 e. The van der Waals surface area contributed by atoms with Gasteiger partial charge in [-0.25, -0.2) is 0 Å². The van der Waals surface area contributed by atoms with Crippen molar-refractivity contribution < 1.29 is 0 Å². The lowest BCUT2D eigenvalue weighted by Crippen LogP contribution is -2.19. The zero-order valence-corrected chi connectivity index (χ0v) is 14.7.